The van der Waals surface area contributed by atoms with Crippen molar-refractivity contribution in [2.75, 3.05) is 39.6 Å². The highest BCUT2D eigenvalue weighted by atomic mass is 16.2. The van der Waals surface area contributed by atoms with Gasteiger partial charge in [-0.15, -0.1) is 0 Å². The summed E-state index contributed by atoms with van der Waals surface area (Å²) in [5.41, 5.74) is 2.22. The van der Waals surface area contributed by atoms with Gasteiger partial charge in [0, 0.05) is 32.4 Å². The molecule has 0 radical (unpaired) electrons. The van der Waals surface area contributed by atoms with Crippen LogP contribution in [0.1, 0.15) is 24.4 Å². The molecule has 23 heavy (non-hydrogen) atoms. The van der Waals surface area contributed by atoms with Crippen LogP contribution in [0.15, 0.2) is 24.3 Å². The van der Waals surface area contributed by atoms with Crippen LogP contribution in [0.5, 0.6) is 0 Å². The summed E-state index contributed by atoms with van der Waals surface area (Å²) in [4.78, 5) is 27.6. The molecule has 0 heterocycles. The number of carbonyl (C=O) groups excluding carboxylic acids is 2. The first-order chi connectivity index (χ1) is 10.9. The number of nitrogens with one attached hydrogen (secondary N) is 2. The molecule has 1 aliphatic rings. The van der Waals surface area contributed by atoms with Gasteiger partial charge in [0.15, 0.2) is 0 Å². The van der Waals surface area contributed by atoms with E-state index in [-0.39, 0.29) is 12.1 Å². The molecule has 0 unspecified atom stereocenters. The van der Waals surface area contributed by atoms with E-state index in [1.807, 2.05) is 50.1 Å². The Kier molecular flexibility index (Phi) is 5.60. The number of amides is 2. The molecular weight excluding hydrogens is 292 g/mol. The summed E-state index contributed by atoms with van der Waals surface area (Å²) >= 11 is 0. The van der Waals surface area contributed by atoms with Gasteiger partial charge in [0.25, 0.3) is 0 Å². The van der Waals surface area contributed by atoms with Crippen LogP contribution in [0.3, 0.4) is 0 Å². The standard InChI is InChI=1S/C17H26N4O2/c1-20(2)14-9-5-12(6-10-14)15(21(3)4)11-18-16(22)17(23)19-13-7-8-13/h5-6,9-10,13,15H,7-8,11H2,1-4H3,(H,18,22)(H,19,23)/t15-/m1/s1. The Morgan fingerprint density at radius 1 is 1.09 bits per heavy atom. The molecule has 126 valence electrons. The quantitative estimate of drug-likeness (QED) is 0.760. The molecule has 1 aromatic rings. The van der Waals surface area contributed by atoms with Gasteiger partial charge in [-0.05, 0) is 44.6 Å². The van der Waals surface area contributed by atoms with Gasteiger partial charge < -0.3 is 20.4 Å². The molecule has 1 aliphatic carbocycles. The summed E-state index contributed by atoms with van der Waals surface area (Å²) in [6.07, 6.45) is 1.94. The van der Waals surface area contributed by atoms with Crippen molar-refractivity contribution in [3.63, 3.8) is 0 Å². The van der Waals surface area contributed by atoms with Crippen molar-refractivity contribution in [1.29, 1.82) is 0 Å². The largest absolute Gasteiger partial charge is 0.378 e. The highest BCUT2D eigenvalue weighted by Crippen LogP contribution is 2.21. The minimum absolute atomic E-state index is 0.0175. The summed E-state index contributed by atoms with van der Waals surface area (Å²) in [6, 6.07) is 8.41. The molecule has 1 atom stereocenters. The van der Waals surface area contributed by atoms with E-state index in [1.54, 1.807) is 0 Å². The lowest BCUT2D eigenvalue weighted by atomic mass is 10.1. The molecule has 2 rings (SSSR count). The molecule has 1 saturated carbocycles. The van der Waals surface area contributed by atoms with Crippen molar-refractivity contribution in [1.82, 2.24) is 15.5 Å². The van der Waals surface area contributed by atoms with Gasteiger partial charge in [0.05, 0.1) is 6.04 Å². The van der Waals surface area contributed by atoms with Crippen LogP contribution in [-0.4, -0.2) is 57.5 Å². The second-order valence-corrected chi connectivity index (χ2v) is 6.42. The summed E-state index contributed by atoms with van der Waals surface area (Å²) in [5.74, 6) is -1.10. The van der Waals surface area contributed by atoms with E-state index in [0.29, 0.717) is 6.54 Å². The molecule has 6 nitrogen and oxygen atoms in total. The van der Waals surface area contributed by atoms with Gasteiger partial charge in [-0.3, -0.25) is 9.59 Å². The third kappa shape index (κ3) is 4.96. The van der Waals surface area contributed by atoms with Crippen LogP contribution in [0.25, 0.3) is 0 Å². The van der Waals surface area contributed by atoms with E-state index in [9.17, 15) is 9.59 Å². The first-order valence-corrected chi connectivity index (χ1v) is 7.91. The maximum atomic E-state index is 11.9. The summed E-state index contributed by atoms with van der Waals surface area (Å²) in [5, 5.41) is 5.43. The molecule has 2 N–H and O–H groups in total. The van der Waals surface area contributed by atoms with Crippen LogP contribution >= 0.6 is 0 Å². The van der Waals surface area contributed by atoms with Crippen molar-refractivity contribution >= 4 is 17.5 Å². The molecule has 6 heteroatoms. The number of nitrogens with zero attached hydrogens (tertiary/aromatic N) is 2. The number of carbonyl (C=O) groups is 2. The van der Waals surface area contributed by atoms with Gasteiger partial charge >= 0.3 is 11.8 Å². The lowest BCUT2D eigenvalue weighted by Gasteiger charge is -2.25. The smallest absolute Gasteiger partial charge is 0.309 e. The maximum Gasteiger partial charge on any atom is 0.309 e. The number of rotatable bonds is 6. The van der Waals surface area contributed by atoms with E-state index < -0.39 is 11.8 Å². The zero-order valence-electron chi connectivity index (χ0n) is 14.3. The van der Waals surface area contributed by atoms with E-state index in [4.69, 9.17) is 0 Å². The number of benzene rings is 1. The van der Waals surface area contributed by atoms with Crippen LogP contribution in [0.4, 0.5) is 5.69 Å². The molecule has 1 aromatic carbocycles. The van der Waals surface area contributed by atoms with Crippen LogP contribution in [0, 0.1) is 0 Å². The van der Waals surface area contributed by atoms with Crippen LogP contribution in [0.2, 0.25) is 0 Å². The molecule has 2 amide bonds. The van der Waals surface area contributed by atoms with Gasteiger partial charge in [-0.1, -0.05) is 12.1 Å². The topological polar surface area (TPSA) is 64.7 Å². The van der Waals surface area contributed by atoms with Crippen molar-refractivity contribution in [2.24, 2.45) is 0 Å². The average Bonchev–Trinajstić information content (AvgIpc) is 3.31. The Bertz CT molecular complexity index is 550. The summed E-state index contributed by atoms with van der Waals surface area (Å²) in [7, 11) is 7.91. The molecular formula is C17H26N4O2. The van der Waals surface area contributed by atoms with Gasteiger partial charge in [0.2, 0.25) is 0 Å². The fourth-order valence-corrected chi connectivity index (χ4v) is 2.34. The molecule has 0 spiro atoms. The zero-order valence-corrected chi connectivity index (χ0v) is 14.3. The predicted octanol–water partition coefficient (Wildman–Crippen LogP) is 0.750. The van der Waals surface area contributed by atoms with Gasteiger partial charge in [-0.25, -0.2) is 0 Å². The van der Waals surface area contributed by atoms with Crippen molar-refractivity contribution < 1.29 is 9.59 Å². The van der Waals surface area contributed by atoms with Crippen LogP contribution in [-0.2, 0) is 9.59 Å². The minimum atomic E-state index is -0.561. The second kappa shape index (κ2) is 7.46. The fraction of sp³-hybridized carbons (Fsp3) is 0.529. The van der Waals surface area contributed by atoms with E-state index in [0.717, 1.165) is 24.1 Å². The number of anilines is 1. The Morgan fingerprint density at radius 2 is 1.70 bits per heavy atom. The minimum Gasteiger partial charge on any atom is -0.378 e. The Labute approximate surface area is 137 Å². The maximum absolute atomic E-state index is 11.9. The lowest BCUT2D eigenvalue weighted by molar-refractivity contribution is -0.139. The third-order valence-corrected chi connectivity index (χ3v) is 3.99. The Hall–Kier alpha value is -2.08. The summed E-state index contributed by atoms with van der Waals surface area (Å²) < 4.78 is 0. The van der Waals surface area contributed by atoms with Crippen molar-refractivity contribution in [3.05, 3.63) is 29.8 Å². The SMILES string of the molecule is CN(C)c1ccc([C@@H](CNC(=O)C(=O)NC2CC2)N(C)C)cc1. The van der Waals surface area contributed by atoms with Crippen molar-refractivity contribution in [2.45, 2.75) is 24.9 Å². The molecule has 1 fully saturated rings. The zero-order chi connectivity index (χ0) is 17.0. The van der Waals surface area contributed by atoms with Crippen LogP contribution < -0.4 is 15.5 Å². The second-order valence-electron chi connectivity index (χ2n) is 6.42. The van der Waals surface area contributed by atoms with Gasteiger partial charge in [-0.2, -0.15) is 0 Å². The molecule has 0 bridgehead atoms. The number of hydrogen-bond donors (Lipinski definition) is 2. The Morgan fingerprint density at radius 3 is 2.17 bits per heavy atom. The fourth-order valence-electron chi connectivity index (χ4n) is 2.34. The van der Waals surface area contributed by atoms with E-state index >= 15 is 0 Å². The highest BCUT2D eigenvalue weighted by molar-refractivity contribution is 6.35. The molecule has 0 aliphatic heterocycles. The average molecular weight is 318 g/mol. The first kappa shape index (κ1) is 17.3. The van der Waals surface area contributed by atoms with E-state index in [1.165, 1.54) is 0 Å². The number of hydrogen-bond acceptors (Lipinski definition) is 4. The first-order valence-electron chi connectivity index (χ1n) is 7.91. The third-order valence-electron chi connectivity index (χ3n) is 3.99. The number of likely N-dealkylation sites (N-methyl/N-ethyl adjacent to an activating group) is 1. The molecule has 0 aromatic heterocycles. The Balaban J connectivity index is 1.95. The normalized spacial score (nSPS) is 15.2. The lowest BCUT2D eigenvalue weighted by Crippen LogP contribution is -2.43. The van der Waals surface area contributed by atoms with Gasteiger partial charge in [0.1, 0.15) is 0 Å². The van der Waals surface area contributed by atoms with E-state index in [2.05, 4.69) is 22.8 Å². The van der Waals surface area contributed by atoms with Crippen molar-refractivity contribution in [3.8, 4) is 0 Å². The summed E-state index contributed by atoms with van der Waals surface area (Å²) in [6.45, 7) is 0.394. The predicted molar refractivity (Wildman–Crippen MR) is 91.4 cm³/mol. The highest BCUT2D eigenvalue weighted by Gasteiger charge is 2.26. The molecule has 0 saturated heterocycles. The monoisotopic (exact) mass is 318 g/mol.